The normalized spacial score (nSPS) is 22.6. The van der Waals surface area contributed by atoms with Gasteiger partial charge in [-0.05, 0) is 55.5 Å². The molecule has 46 heavy (non-hydrogen) atoms. The van der Waals surface area contributed by atoms with Crippen molar-refractivity contribution < 1.29 is 28.8 Å². The van der Waals surface area contributed by atoms with E-state index < -0.39 is 53.7 Å². The molecular formula is C33H46N6O6S. The molecule has 1 aromatic heterocycles. The number of rotatable bonds is 8. The van der Waals surface area contributed by atoms with Crippen LogP contribution >= 0.6 is 11.3 Å². The number of likely N-dealkylation sites (N-methyl/N-ethyl adjacent to an activating group) is 1. The highest BCUT2D eigenvalue weighted by molar-refractivity contribution is 7.09. The van der Waals surface area contributed by atoms with E-state index in [1.165, 1.54) is 23.7 Å². The second kappa shape index (κ2) is 18.0. The SMILES string of the molecule is CC(C)[C@H]1NC(=O)[C@@H](NC(=O)CCCc2cccs2)CCCNC(=O)CN(C)C(=O)[C@H](Cc2ccccc2)NC(=O)[C@@H](C)NC1=O. The van der Waals surface area contributed by atoms with Crippen molar-refractivity contribution in [3.05, 3.63) is 58.3 Å². The van der Waals surface area contributed by atoms with Crippen molar-refractivity contribution >= 4 is 46.8 Å². The molecule has 0 saturated carbocycles. The van der Waals surface area contributed by atoms with Gasteiger partial charge in [0.25, 0.3) is 0 Å². The van der Waals surface area contributed by atoms with Crippen LogP contribution in [0.2, 0.25) is 0 Å². The third kappa shape index (κ3) is 11.6. The highest BCUT2D eigenvalue weighted by Crippen LogP contribution is 2.13. The molecule has 4 atom stereocenters. The second-order valence-electron chi connectivity index (χ2n) is 12.0. The van der Waals surface area contributed by atoms with Crippen molar-refractivity contribution in [2.75, 3.05) is 20.1 Å². The van der Waals surface area contributed by atoms with E-state index in [9.17, 15) is 28.8 Å². The molecule has 0 spiro atoms. The Balaban J connectivity index is 1.76. The molecule has 1 aliphatic heterocycles. The van der Waals surface area contributed by atoms with Crippen molar-refractivity contribution in [2.24, 2.45) is 5.92 Å². The van der Waals surface area contributed by atoms with Crippen LogP contribution in [0.1, 0.15) is 56.9 Å². The predicted molar refractivity (Wildman–Crippen MR) is 176 cm³/mol. The van der Waals surface area contributed by atoms with Crippen LogP contribution in [0.3, 0.4) is 0 Å². The van der Waals surface area contributed by atoms with Crippen LogP contribution in [-0.4, -0.2) is 84.6 Å². The molecule has 1 aliphatic rings. The molecule has 1 saturated heterocycles. The molecule has 1 fully saturated rings. The fraction of sp³-hybridized carbons (Fsp3) is 0.515. The van der Waals surface area contributed by atoms with Gasteiger partial charge in [-0.2, -0.15) is 0 Å². The fourth-order valence-electron chi connectivity index (χ4n) is 5.07. The van der Waals surface area contributed by atoms with E-state index in [0.29, 0.717) is 12.8 Å². The largest absolute Gasteiger partial charge is 0.355 e. The zero-order valence-electron chi connectivity index (χ0n) is 27.0. The van der Waals surface area contributed by atoms with Crippen LogP contribution in [-0.2, 0) is 41.6 Å². The maximum Gasteiger partial charge on any atom is 0.245 e. The lowest BCUT2D eigenvalue weighted by molar-refractivity contribution is -0.139. The third-order valence-electron chi connectivity index (χ3n) is 7.70. The van der Waals surface area contributed by atoms with Crippen LogP contribution in [0.25, 0.3) is 0 Å². The van der Waals surface area contributed by atoms with Gasteiger partial charge in [0.15, 0.2) is 0 Å². The van der Waals surface area contributed by atoms with E-state index in [0.717, 1.165) is 12.0 Å². The fourth-order valence-corrected chi connectivity index (χ4v) is 5.82. The Kier molecular flexibility index (Phi) is 14.2. The molecule has 3 rings (SSSR count). The van der Waals surface area contributed by atoms with Gasteiger partial charge in [0.1, 0.15) is 24.2 Å². The molecule has 250 valence electrons. The first kappa shape index (κ1) is 36.2. The first-order valence-electron chi connectivity index (χ1n) is 15.7. The Morgan fingerprint density at radius 2 is 1.72 bits per heavy atom. The van der Waals surface area contributed by atoms with Gasteiger partial charge in [-0.25, -0.2) is 0 Å². The third-order valence-corrected chi connectivity index (χ3v) is 8.64. The summed E-state index contributed by atoms with van der Waals surface area (Å²) in [5.74, 6) is -3.18. The van der Waals surface area contributed by atoms with Crippen LogP contribution in [0.15, 0.2) is 47.8 Å². The number of thiophene rings is 1. The zero-order chi connectivity index (χ0) is 33.6. The molecule has 2 aromatic rings. The van der Waals surface area contributed by atoms with E-state index in [1.54, 1.807) is 25.2 Å². The first-order chi connectivity index (χ1) is 21.9. The summed E-state index contributed by atoms with van der Waals surface area (Å²) in [7, 11) is 1.48. The standard InChI is InChI=1S/C33H46N6O6S/c1-21(2)29-32(44)35-22(3)30(42)37-26(19-23-11-6-5-7-12-23)33(45)39(4)20-28(41)34-17-9-15-25(31(43)38-29)36-27(40)16-8-13-24-14-10-18-46-24/h5-7,10-12,14,18,21-22,25-26,29H,8-9,13,15-17,19-20H2,1-4H3,(H,34,41)(H,35,44)(H,36,40)(H,37,42)(H,38,43)/t22-,25+,26+,29-/m1/s1. The van der Waals surface area contributed by atoms with Gasteiger partial charge in [-0.3, -0.25) is 28.8 Å². The van der Waals surface area contributed by atoms with Gasteiger partial charge >= 0.3 is 0 Å². The summed E-state index contributed by atoms with van der Waals surface area (Å²) in [6.07, 6.45) is 2.35. The van der Waals surface area contributed by atoms with Crippen LogP contribution in [0.5, 0.6) is 0 Å². The van der Waals surface area contributed by atoms with Crippen molar-refractivity contribution in [3.63, 3.8) is 0 Å². The molecule has 12 nitrogen and oxygen atoms in total. The Morgan fingerprint density at radius 3 is 2.39 bits per heavy atom. The molecule has 6 amide bonds. The molecule has 2 heterocycles. The number of benzene rings is 1. The number of nitrogens with one attached hydrogen (secondary N) is 5. The molecule has 0 radical (unpaired) electrons. The lowest BCUT2D eigenvalue weighted by atomic mass is 10.0. The number of nitrogens with zero attached hydrogens (tertiary/aromatic N) is 1. The van der Waals surface area contributed by atoms with Crippen LogP contribution < -0.4 is 26.6 Å². The maximum absolute atomic E-state index is 13.5. The zero-order valence-corrected chi connectivity index (χ0v) is 27.8. The van der Waals surface area contributed by atoms with Gasteiger partial charge in [-0.1, -0.05) is 50.2 Å². The number of amides is 6. The number of carbonyl (C=O) groups excluding carboxylic acids is 6. The monoisotopic (exact) mass is 654 g/mol. The molecule has 1 aromatic carbocycles. The lowest BCUT2D eigenvalue weighted by Crippen LogP contribution is -2.59. The van der Waals surface area contributed by atoms with Crippen molar-refractivity contribution in [1.82, 2.24) is 31.5 Å². The summed E-state index contributed by atoms with van der Waals surface area (Å²) in [6.45, 7) is 4.98. The summed E-state index contributed by atoms with van der Waals surface area (Å²) in [6, 6.07) is 9.16. The number of hydrogen-bond donors (Lipinski definition) is 5. The van der Waals surface area contributed by atoms with Gasteiger partial charge in [0, 0.05) is 31.3 Å². The smallest absolute Gasteiger partial charge is 0.245 e. The van der Waals surface area contributed by atoms with Gasteiger partial charge < -0.3 is 31.5 Å². The predicted octanol–water partition coefficient (Wildman–Crippen LogP) is 1.30. The second-order valence-corrected chi connectivity index (χ2v) is 13.0. The number of hydrogen-bond acceptors (Lipinski definition) is 7. The average Bonchev–Trinajstić information content (AvgIpc) is 3.53. The highest BCUT2D eigenvalue weighted by Gasteiger charge is 2.32. The van der Waals surface area contributed by atoms with Crippen LogP contribution in [0.4, 0.5) is 0 Å². The average molecular weight is 655 g/mol. The molecule has 5 N–H and O–H groups in total. The van der Waals surface area contributed by atoms with E-state index in [2.05, 4.69) is 26.6 Å². The van der Waals surface area contributed by atoms with Gasteiger partial charge in [0.05, 0.1) is 6.54 Å². The summed E-state index contributed by atoms with van der Waals surface area (Å²) >= 11 is 1.62. The summed E-state index contributed by atoms with van der Waals surface area (Å²) in [4.78, 5) is 81.4. The summed E-state index contributed by atoms with van der Waals surface area (Å²) in [5.41, 5.74) is 0.810. The first-order valence-corrected chi connectivity index (χ1v) is 16.6. The van der Waals surface area contributed by atoms with Crippen LogP contribution in [0, 0.1) is 5.92 Å². The quantitative estimate of drug-likeness (QED) is 0.288. The van der Waals surface area contributed by atoms with E-state index in [4.69, 9.17) is 0 Å². The van der Waals surface area contributed by atoms with E-state index in [-0.39, 0.29) is 44.2 Å². The number of carbonyl (C=O) groups is 6. The molecular weight excluding hydrogens is 608 g/mol. The topological polar surface area (TPSA) is 166 Å². The Labute approximate surface area is 274 Å². The maximum atomic E-state index is 13.5. The lowest BCUT2D eigenvalue weighted by Gasteiger charge is -2.28. The molecule has 0 bridgehead atoms. The van der Waals surface area contributed by atoms with E-state index >= 15 is 0 Å². The minimum atomic E-state index is -1.04. The van der Waals surface area contributed by atoms with Gasteiger partial charge in [-0.15, -0.1) is 11.3 Å². The summed E-state index contributed by atoms with van der Waals surface area (Å²) < 4.78 is 0. The minimum Gasteiger partial charge on any atom is -0.355 e. The van der Waals surface area contributed by atoms with Crippen molar-refractivity contribution in [2.45, 2.75) is 83.5 Å². The molecule has 0 unspecified atom stereocenters. The Morgan fingerprint density at radius 1 is 0.978 bits per heavy atom. The van der Waals surface area contributed by atoms with E-state index in [1.807, 2.05) is 47.8 Å². The Bertz CT molecular complexity index is 1340. The Hall–Kier alpha value is -4.26. The minimum absolute atomic E-state index is 0.184. The number of aryl methyl sites for hydroxylation is 1. The van der Waals surface area contributed by atoms with Crippen molar-refractivity contribution in [3.8, 4) is 0 Å². The molecule has 0 aliphatic carbocycles. The molecule has 13 heteroatoms. The highest BCUT2D eigenvalue weighted by atomic mass is 32.1. The van der Waals surface area contributed by atoms with Crippen molar-refractivity contribution in [1.29, 1.82) is 0 Å². The van der Waals surface area contributed by atoms with Gasteiger partial charge in [0.2, 0.25) is 35.4 Å². The summed E-state index contributed by atoms with van der Waals surface area (Å²) in [5, 5.41) is 15.7.